The molecular formula is C16H14N2O3. The third-order valence-corrected chi connectivity index (χ3v) is 3.36. The zero-order valence-electron chi connectivity index (χ0n) is 11.5. The maximum Gasteiger partial charge on any atom is 0.323 e. The van der Waals surface area contributed by atoms with Crippen molar-refractivity contribution in [1.29, 1.82) is 0 Å². The molecular weight excluding hydrogens is 268 g/mol. The summed E-state index contributed by atoms with van der Waals surface area (Å²) in [5.41, 5.74) is 2.56. The van der Waals surface area contributed by atoms with Crippen LogP contribution in [-0.4, -0.2) is 22.9 Å². The van der Waals surface area contributed by atoms with E-state index in [-0.39, 0.29) is 11.5 Å². The van der Waals surface area contributed by atoms with Crippen LogP contribution >= 0.6 is 0 Å². The molecule has 0 unspecified atom stereocenters. The number of fused-ring (bicyclic) bond motifs is 1. The van der Waals surface area contributed by atoms with Gasteiger partial charge < -0.3 is 14.7 Å². The lowest BCUT2D eigenvalue weighted by molar-refractivity contribution is 0.0993. The second-order valence-corrected chi connectivity index (χ2v) is 4.79. The fourth-order valence-corrected chi connectivity index (χ4v) is 2.24. The lowest BCUT2D eigenvalue weighted by Crippen LogP contribution is -2.03. The fraction of sp³-hybridized carbons (Fsp3) is 0.125. The van der Waals surface area contributed by atoms with Crippen molar-refractivity contribution >= 4 is 16.8 Å². The monoisotopic (exact) mass is 282 g/mol. The number of methoxy groups -OCH3 is 1. The van der Waals surface area contributed by atoms with Gasteiger partial charge in [0.25, 0.3) is 0 Å². The first-order valence-electron chi connectivity index (χ1n) is 6.54. The number of hydrogen-bond acceptors (Lipinski definition) is 3. The maximum atomic E-state index is 12.3. The molecule has 0 atom stereocenters. The van der Waals surface area contributed by atoms with Crippen LogP contribution in [0.25, 0.3) is 11.0 Å². The summed E-state index contributed by atoms with van der Waals surface area (Å²) in [5.74, 6) is 0.765. The number of rotatable bonds is 4. The number of nitrogens with one attached hydrogen (secondary N) is 2. The van der Waals surface area contributed by atoms with Crippen LogP contribution in [0.3, 0.4) is 0 Å². The van der Waals surface area contributed by atoms with Crippen molar-refractivity contribution in [3.8, 4) is 5.75 Å². The number of carbonyl (C=O) groups excluding carboxylic acids is 1. The first-order chi connectivity index (χ1) is 10.2. The Labute approximate surface area is 120 Å². The van der Waals surface area contributed by atoms with Crippen LogP contribution in [0.5, 0.6) is 5.75 Å². The highest BCUT2D eigenvalue weighted by molar-refractivity contribution is 6.00. The summed E-state index contributed by atoms with van der Waals surface area (Å²) in [4.78, 5) is 28.8. The van der Waals surface area contributed by atoms with E-state index in [0.29, 0.717) is 23.0 Å². The molecule has 5 heteroatoms. The number of benzene rings is 2. The van der Waals surface area contributed by atoms with E-state index in [2.05, 4.69) is 9.97 Å². The zero-order chi connectivity index (χ0) is 14.8. The first-order valence-corrected chi connectivity index (χ1v) is 6.54. The predicted octanol–water partition coefficient (Wildman–Crippen LogP) is 2.29. The van der Waals surface area contributed by atoms with E-state index in [9.17, 15) is 9.59 Å². The molecule has 0 saturated carbocycles. The predicted molar refractivity (Wildman–Crippen MR) is 79.9 cm³/mol. The minimum absolute atomic E-state index is 0.00381. The molecule has 3 aromatic rings. The van der Waals surface area contributed by atoms with Gasteiger partial charge in [0.1, 0.15) is 5.75 Å². The lowest BCUT2D eigenvalue weighted by Gasteiger charge is -2.03. The van der Waals surface area contributed by atoms with Gasteiger partial charge in [-0.25, -0.2) is 4.79 Å². The van der Waals surface area contributed by atoms with E-state index in [4.69, 9.17) is 4.74 Å². The van der Waals surface area contributed by atoms with Gasteiger partial charge in [0.15, 0.2) is 5.78 Å². The van der Waals surface area contributed by atoms with E-state index in [1.807, 2.05) is 24.3 Å². The van der Waals surface area contributed by atoms with Crippen LogP contribution in [0.1, 0.15) is 15.9 Å². The Bertz CT molecular complexity index is 844. The smallest absolute Gasteiger partial charge is 0.323 e. The third kappa shape index (κ3) is 2.72. The molecule has 106 valence electrons. The van der Waals surface area contributed by atoms with Crippen molar-refractivity contribution in [2.24, 2.45) is 0 Å². The normalized spacial score (nSPS) is 10.7. The van der Waals surface area contributed by atoms with Crippen LogP contribution in [0, 0.1) is 0 Å². The van der Waals surface area contributed by atoms with Crippen LogP contribution < -0.4 is 10.4 Å². The number of carbonyl (C=O) groups is 1. The SMILES string of the molecule is COc1ccc(CC(=O)c2ccc3[nH]c(=O)[nH]c3c2)cc1. The van der Waals surface area contributed by atoms with Gasteiger partial charge in [0.05, 0.1) is 18.1 Å². The average molecular weight is 282 g/mol. The molecule has 0 aliphatic heterocycles. The van der Waals surface area contributed by atoms with Gasteiger partial charge in [-0.05, 0) is 35.9 Å². The summed E-state index contributed by atoms with van der Waals surface area (Å²) < 4.78 is 5.09. The highest BCUT2D eigenvalue weighted by atomic mass is 16.5. The summed E-state index contributed by atoms with van der Waals surface area (Å²) in [6, 6.07) is 12.5. The molecule has 0 aliphatic rings. The Balaban J connectivity index is 1.83. The Morgan fingerprint density at radius 3 is 2.48 bits per heavy atom. The molecule has 1 heterocycles. The minimum Gasteiger partial charge on any atom is -0.497 e. The van der Waals surface area contributed by atoms with Gasteiger partial charge in [0, 0.05) is 12.0 Å². The number of ether oxygens (including phenoxy) is 1. The van der Waals surface area contributed by atoms with E-state index in [1.54, 1.807) is 25.3 Å². The highest BCUT2D eigenvalue weighted by Gasteiger charge is 2.09. The molecule has 1 aromatic heterocycles. The van der Waals surface area contributed by atoms with E-state index < -0.39 is 0 Å². The highest BCUT2D eigenvalue weighted by Crippen LogP contribution is 2.15. The number of aromatic amines is 2. The number of H-pyrrole nitrogens is 2. The van der Waals surface area contributed by atoms with Gasteiger partial charge in [-0.3, -0.25) is 4.79 Å². The molecule has 0 bridgehead atoms. The Morgan fingerprint density at radius 1 is 1.05 bits per heavy atom. The second-order valence-electron chi connectivity index (χ2n) is 4.79. The quantitative estimate of drug-likeness (QED) is 0.721. The average Bonchev–Trinajstić information content (AvgIpc) is 2.87. The largest absolute Gasteiger partial charge is 0.497 e. The second kappa shape index (κ2) is 5.28. The molecule has 5 nitrogen and oxygen atoms in total. The van der Waals surface area contributed by atoms with Crippen molar-refractivity contribution < 1.29 is 9.53 Å². The summed E-state index contributed by atoms with van der Waals surface area (Å²) >= 11 is 0. The molecule has 0 spiro atoms. The summed E-state index contributed by atoms with van der Waals surface area (Å²) in [5, 5.41) is 0. The molecule has 21 heavy (non-hydrogen) atoms. The molecule has 0 radical (unpaired) electrons. The fourth-order valence-electron chi connectivity index (χ4n) is 2.24. The molecule has 2 aromatic carbocycles. The van der Waals surface area contributed by atoms with Gasteiger partial charge >= 0.3 is 5.69 Å². The molecule has 0 fully saturated rings. The number of imidazole rings is 1. The van der Waals surface area contributed by atoms with Crippen molar-refractivity contribution in [3.63, 3.8) is 0 Å². The van der Waals surface area contributed by atoms with Crippen LogP contribution in [0.2, 0.25) is 0 Å². The molecule has 0 saturated heterocycles. The molecule has 2 N–H and O–H groups in total. The molecule has 3 rings (SSSR count). The van der Waals surface area contributed by atoms with Crippen molar-refractivity contribution in [1.82, 2.24) is 9.97 Å². The maximum absolute atomic E-state index is 12.3. The summed E-state index contributed by atoms with van der Waals surface area (Å²) in [6.45, 7) is 0. The lowest BCUT2D eigenvalue weighted by atomic mass is 10.0. The number of Topliss-reactive ketones (excluding diaryl/α,β-unsaturated/α-hetero) is 1. The van der Waals surface area contributed by atoms with Gasteiger partial charge in [-0.15, -0.1) is 0 Å². The molecule has 0 aliphatic carbocycles. The minimum atomic E-state index is -0.273. The first kappa shape index (κ1) is 13.2. The molecule has 0 amide bonds. The Morgan fingerprint density at radius 2 is 1.76 bits per heavy atom. The van der Waals surface area contributed by atoms with E-state index in [1.165, 1.54) is 0 Å². The number of aromatic nitrogens is 2. The van der Waals surface area contributed by atoms with Gasteiger partial charge in [0.2, 0.25) is 0 Å². The number of hydrogen-bond donors (Lipinski definition) is 2. The van der Waals surface area contributed by atoms with Crippen molar-refractivity contribution in [3.05, 3.63) is 64.1 Å². The van der Waals surface area contributed by atoms with Crippen LogP contribution in [0.4, 0.5) is 0 Å². The topological polar surface area (TPSA) is 75.0 Å². The van der Waals surface area contributed by atoms with Gasteiger partial charge in [-0.2, -0.15) is 0 Å². The zero-order valence-corrected chi connectivity index (χ0v) is 11.5. The van der Waals surface area contributed by atoms with Crippen molar-refractivity contribution in [2.75, 3.05) is 7.11 Å². The third-order valence-electron chi connectivity index (χ3n) is 3.36. The van der Waals surface area contributed by atoms with Crippen molar-refractivity contribution in [2.45, 2.75) is 6.42 Å². The van der Waals surface area contributed by atoms with E-state index in [0.717, 1.165) is 11.3 Å². The Hall–Kier alpha value is -2.82. The summed E-state index contributed by atoms with van der Waals surface area (Å²) in [7, 11) is 1.60. The Kier molecular flexibility index (Phi) is 3.31. The van der Waals surface area contributed by atoms with Crippen LogP contribution in [0.15, 0.2) is 47.3 Å². The van der Waals surface area contributed by atoms with Gasteiger partial charge in [-0.1, -0.05) is 12.1 Å². The number of ketones is 1. The summed E-state index contributed by atoms with van der Waals surface area (Å²) in [6.07, 6.45) is 0.310. The van der Waals surface area contributed by atoms with E-state index >= 15 is 0 Å². The standard InChI is InChI=1S/C16H14N2O3/c1-21-12-5-2-10(3-6-12)8-15(19)11-4-7-13-14(9-11)18-16(20)17-13/h2-7,9H,8H2,1H3,(H2,17,18,20). The van der Waals surface area contributed by atoms with Crippen LogP contribution in [-0.2, 0) is 6.42 Å².